The van der Waals surface area contributed by atoms with Crippen LogP contribution in [0.4, 0.5) is 0 Å². The fourth-order valence-corrected chi connectivity index (χ4v) is 0.978. The van der Waals surface area contributed by atoms with Gasteiger partial charge < -0.3 is 10.6 Å². The Morgan fingerprint density at radius 1 is 1.64 bits per heavy atom. The minimum atomic E-state index is 0.770. The van der Waals surface area contributed by atoms with Crippen LogP contribution in [0.25, 0.3) is 0 Å². The van der Waals surface area contributed by atoms with Gasteiger partial charge in [0.1, 0.15) is 10.8 Å². The molecule has 2 nitrogen and oxygen atoms in total. The van der Waals surface area contributed by atoms with E-state index in [2.05, 4.69) is 24.5 Å². The Morgan fingerprint density at radius 2 is 2.36 bits per heavy atom. The first-order valence-electron chi connectivity index (χ1n) is 3.68. The van der Waals surface area contributed by atoms with Crippen molar-refractivity contribution in [2.45, 2.75) is 20.3 Å². The molecule has 1 heterocycles. The molecule has 1 aliphatic rings. The van der Waals surface area contributed by atoms with Crippen molar-refractivity contribution in [3.63, 3.8) is 0 Å². The molecule has 0 bridgehead atoms. The van der Waals surface area contributed by atoms with E-state index in [0.717, 1.165) is 17.2 Å². The lowest BCUT2D eigenvalue weighted by Crippen LogP contribution is -2.31. The highest BCUT2D eigenvalue weighted by molar-refractivity contribution is 7.80. The number of rotatable bonds is 1. The van der Waals surface area contributed by atoms with Crippen molar-refractivity contribution < 1.29 is 0 Å². The van der Waals surface area contributed by atoms with Crippen LogP contribution in [0.5, 0.6) is 0 Å². The van der Waals surface area contributed by atoms with Crippen LogP contribution < -0.4 is 10.6 Å². The van der Waals surface area contributed by atoms with Crippen LogP contribution in [0.1, 0.15) is 20.3 Å². The Morgan fingerprint density at radius 3 is 2.91 bits per heavy atom. The van der Waals surface area contributed by atoms with E-state index in [1.165, 1.54) is 5.57 Å². The monoisotopic (exact) mass is 168 g/mol. The molecule has 0 aromatic heterocycles. The van der Waals surface area contributed by atoms with Gasteiger partial charge in [0.25, 0.3) is 0 Å². The largest absolute Gasteiger partial charge is 0.348 e. The molecule has 0 unspecified atom stereocenters. The van der Waals surface area contributed by atoms with Crippen LogP contribution >= 0.6 is 12.2 Å². The molecule has 60 valence electrons. The van der Waals surface area contributed by atoms with Gasteiger partial charge in [0, 0.05) is 6.20 Å². The average molecular weight is 168 g/mol. The minimum Gasteiger partial charge on any atom is -0.348 e. The molecule has 1 aliphatic heterocycles. The summed E-state index contributed by atoms with van der Waals surface area (Å²) in [6.45, 7) is 4.20. The van der Waals surface area contributed by atoms with Crippen molar-refractivity contribution in [1.29, 1.82) is 0 Å². The fraction of sp³-hybridized carbons (Fsp3) is 0.375. The van der Waals surface area contributed by atoms with Crippen LogP contribution in [-0.2, 0) is 0 Å². The van der Waals surface area contributed by atoms with E-state index in [1.807, 2.05) is 12.3 Å². The second-order valence-electron chi connectivity index (χ2n) is 2.48. The first kappa shape index (κ1) is 8.27. The predicted molar refractivity (Wildman–Crippen MR) is 51.0 cm³/mol. The number of allylic oxidation sites excluding steroid dienone is 1. The molecule has 1 rings (SSSR count). The Hall–Kier alpha value is -0.830. The molecule has 0 aromatic carbocycles. The topological polar surface area (TPSA) is 24.1 Å². The molecule has 0 aliphatic carbocycles. The first-order valence-corrected chi connectivity index (χ1v) is 4.08. The first-order chi connectivity index (χ1) is 5.24. The zero-order valence-corrected chi connectivity index (χ0v) is 7.59. The van der Waals surface area contributed by atoms with E-state index in [4.69, 9.17) is 12.2 Å². The van der Waals surface area contributed by atoms with Gasteiger partial charge in [-0.2, -0.15) is 0 Å². The van der Waals surface area contributed by atoms with E-state index in [0.29, 0.717) is 0 Å². The van der Waals surface area contributed by atoms with Crippen molar-refractivity contribution in [3.8, 4) is 0 Å². The van der Waals surface area contributed by atoms with Crippen molar-refractivity contribution >= 4 is 17.2 Å². The minimum absolute atomic E-state index is 0.770. The average Bonchev–Trinajstić information content (AvgIpc) is 2.03. The van der Waals surface area contributed by atoms with Gasteiger partial charge in [0.2, 0.25) is 0 Å². The summed E-state index contributed by atoms with van der Waals surface area (Å²) in [5.74, 6) is 1.03. The zero-order valence-electron chi connectivity index (χ0n) is 6.77. The summed E-state index contributed by atoms with van der Waals surface area (Å²) >= 11 is 4.98. The van der Waals surface area contributed by atoms with Crippen molar-refractivity contribution in [1.82, 2.24) is 10.6 Å². The molecule has 0 aromatic rings. The molecule has 2 N–H and O–H groups in total. The normalized spacial score (nSPS) is 20.7. The van der Waals surface area contributed by atoms with Crippen LogP contribution in [0.15, 0.2) is 23.7 Å². The Bertz CT molecular complexity index is 228. The molecule has 0 atom stereocenters. The number of thiocarbonyl (C=S) groups is 1. The van der Waals surface area contributed by atoms with Gasteiger partial charge in [0.05, 0.1) is 0 Å². The quantitative estimate of drug-likeness (QED) is 0.582. The lowest BCUT2D eigenvalue weighted by molar-refractivity contribution is 0.873. The third-order valence-corrected chi connectivity index (χ3v) is 1.91. The summed E-state index contributed by atoms with van der Waals surface area (Å²) < 4.78 is 0. The van der Waals surface area contributed by atoms with Crippen LogP contribution in [0.3, 0.4) is 0 Å². The molecular weight excluding hydrogens is 156 g/mol. The summed E-state index contributed by atoms with van der Waals surface area (Å²) in [4.78, 5) is 0.770. The van der Waals surface area contributed by atoms with Crippen LogP contribution in [-0.4, -0.2) is 4.99 Å². The van der Waals surface area contributed by atoms with Gasteiger partial charge in [0.15, 0.2) is 0 Å². The molecule has 0 fully saturated rings. The van der Waals surface area contributed by atoms with Gasteiger partial charge in [-0.1, -0.05) is 19.1 Å². The van der Waals surface area contributed by atoms with Gasteiger partial charge in [-0.3, -0.25) is 0 Å². The highest BCUT2D eigenvalue weighted by Crippen LogP contribution is 2.04. The van der Waals surface area contributed by atoms with Crippen LogP contribution in [0, 0.1) is 0 Å². The van der Waals surface area contributed by atoms with Crippen molar-refractivity contribution in [2.24, 2.45) is 0 Å². The molecular formula is C8H12N2S. The Labute approximate surface area is 72.4 Å². The molecule has 0 spiro atoms. The molecule has 0 saturated carbocycles. The standard InChI is InChI=1S/C8H12N2S/c1-3-6(2)8-9-5-4-7(11)10-8/h4-5,9H,3H2,1-2H3,(H,10,11)/b8-6+. The van der Waals surface area contributed by atoms with E-state index in [-0.39, 0.29) is 0 Å². The predicted octanol–water partition coefficient (Wildman–Crippen LogP) is 1.66. The van der Waals surface area contributed by atoms with E-state index in [9.17, 15) is 0 Å². The van der Waals surface area contributed by atoms with Gasteiger partial charge in [-0.05, 0) is 25.0 Å². The third-order valence-electron chi connectivity index (χ3n) is 1.67. The molecule has 0 amide bonds. The van der Waals surface area contributed by atoms with Crippen molar-refractivity contribution in [3.05, 3.63) is 23.7 Å². The summed E-state index contributed by atoms with van der Waals surface area (Å²) in [6, 6.07) is 0. The van der Waals surface area contributed by atoms with Crippen LogP contribution in [0.2, 0.25) is 0 Å². The number of hydrogen-bond donors (Lipinski definition) is 2. The van der Waals surface area contributed by atoms with E-state index < -0.39 is 0 Å². The summed E-state index contributed by atoms with van der Waals surface area (Å²) in [7, 11) is 0. The lowest BCUT2D eigenvalue weighted by Gasteiger charge is -2.16. The zero-order chi connectivity index (χ0) is 8.27. The summed E-state index contributed by atoms with van der Waals surface area (Å²) in [5, 5.41) is 6.18. The fourth-order valence-electron chi connectivity index (χ4n) is 0.808. The van der Waals surface area contributed by atoms with Gasteiger partial charge >= 0.3 is 0 Å². The third kappa shape index (κ3) is 2.05. The Kier molecular flexibility index (Phi) is 2.65. The Balaban J connectivity index is 2.77. The van der Waals surface area contributed by atoms with Gasteiger partial charge in [-0.25, -0.2) is 0 Å². The SMILES string of the molecule is CC/C(C)=C1\NC=CC(=S)N1. The molecule has 11 heavy (non-hydrogen) atoms. The molecule has 0 radical (unpaired) electrons. The number of nitrogens with one attached hydrogen (secondary N) is 2. The smallest absolute Gasteiger partial charge is 0.107 e. The maximum absolute atomic E-state index is 4.98. The highest BCUT2D eigenvalue weighted by Gasteiger charge is 2.03. The maximum Gasteiger partial charge on any atom is 0.107 e. The van der Waals surface area contributed by atoms with Crippen molar-refractivity contribution in [2.75, 3.05) is 0 Å². The van der Waals surface area contributed by atoms with E-state index in [1.54, 1.807) is 0 Å². The summed E-state index contributed by atoms with van der Waals surface area (Å²) in [5.41, 5.74) is 1.29. The second-order valence-corrected chi connectivity index (χ2v) is 2.92. The lowest BCUT2D eigenvalue weighted by atomic mass is 10.2. The molecule has 0 saturated heterocycles. The summed E-state index contributed by atoms with van der Waals surface area (Å²) in [6.07, 6.45) is 4.72. The van der Waals surface area contributed by atoms with E-state index >= 15 is 0 Å². The highest BCUT2D eigenvalue weighted by atomic mass is 32.1. The maximum atomic E-state index is 4.98. The second kappa shape index (κ2) is 3.53. The number of hydrogen-bond acceptors (Lipinski definition) is 2. The van der Waals surface area contributed by atoms with Gasteiger partial charge in [-0.15, -0.1) is 0 Å². The molecule has 3 heteroatoms.